The molecule has 0 aliphatic carbocycles. The highest BCUT2D eigenvalue weighted by Gasteiger charge is 2.46. The molecule has 1 spiro atoms. The van der Waals surface area contributed by atoms with Crippen LogP contribution in [0.3, 0.4) is 0 Å². The second kappa shape index (κ2) is 4.79. The van der Waals surface area contributed by atoms with Crippen LogP contribution in [0.1, 0.15) is 0 Å². The average Bonchev–Trinajstić information content (AvgIpc) is 2.58. The molecule has 0 unspecified atom stereocenters. The van der Waals surface area contributed by atoms with Crippen molar-refractivity contribution < 1.29 is 18.7 Å². The molecule has 1 amide bonds. The van der Waals surface area contributed by atoms with E-state index < -0.39 is 11.7 Å². The van der Waals surface area contributed by atoms with Crippen molar-refractivity contribution in [1.82, 2.24) is 5.32 Å². The maximum atomic E-state index is 12.9. The third-order valence-electron chi connectivity index (χ3n) is 3.34. The number of benzene rings is 1. The van der Waals surface area contributed by atoms with Crippen molar-refractivity contribution in [3.63, 3.8) is 0 Å². The topological polar surface area (TPSA) is 50.8 Å². The number of halogens is 1. The highest BCUT2D eigenvalue weighted by atomic mass is 19.1. The van der Waals surface area contributed by atoms with Crippen LogP contribution < -0.4 is 10.2 Å². The van der Waals surface area contributed by atoms with E-state index in [2.05, 4.69) is 5.32 Å². The van der Waals surface area contributed by atoms with Crippen molar-refractivity contribution in [3.05, 3.63) is 30.1 Å². The molecule has 19 heavy (non-hydrogen) atoms. The number of hydrogen-bond donors (Lipinski definition) is 1. The van der Waals surface area contributed by atoms with Gasteiger partial charge < -0.3 is 14.8 Å². The minimum atomic E-state index is -0.651. The second-order valence-corrected chi connectivity index (χ2v) is 4.84. The summed E-state index contributed by atoms with van der Waals surface area (Å²) in [6.07, 6.45) is -0.418. The summed E-state index contributed by atoms with van der Waals surface area (Å²) in [6, 6.07) is 5.80. The summed E-state index contributed by atoms with van der Waals surface area (Å²) in [4.78, 5) is 13.5. The normalized spacial score (nSPS) is 27.4. The fraction of sp³-hybridized carbons (Fsp3) is 0.462. The summed E-state index contributed by atoms with van der Waals surface area (Å²) in [5.41, 5.74) is -0.0189. The molecule has 1 aromatic carbocycles. The molecule has 2 saturated heterocycles. The lowest BCUT2D eigenvalue weighted by atomic mass is 10.1. The summed E-state index contributed by atoms with van der Waals surface area (Å²) < 4.78 is 23.8. The summed E-state index contributed by atoms with van der Waals surface area (Å²) >= 11 is 0. The number of ether oxygens (including phenoxy) is 2. The van der Waals surface area contributed by atoms with Gasteiger partial charge in [0.25, 0.3) is 0 Å². The summed E-state index contributed by atoms with van der Waals surface area (Å²) in [5.74, 6) is -0.328. The number of anilines is 1. The fourth-order valence-corrected chi connectivity index (χ4v) is 2.38. The van der Waals surface area contributed by atoms with Gasteiger partial charge in [-0.2, -0.15) is 0 Å². The number of carbonyl (C=O) groups excluding carboxylic acids is 1. The first-order valence-electron chi connectivity index (χ1n) is 6.23. The average molecular weight is 266 g/mol. The number of amides is 1. The van der Waals surface area contributed by atoms with Gasteiger partial charge in [0.1, 0.15) is 5.82 Å². The van der Waals surface area contributed by atoms with Crippen molar-refractivity contribution >= 4 is 11.8 Å². The highest BCUT2D eigenvalue weighted by Crippen LogP contribution is 2.28. The van der Waals surface area contributed by atoms with Gasteiger partial charge in [0.05, 0.1) is 19.8 Å². The predicted octanol–water partition coefficient (Wildman–Crippen LogP) is 1.14. The summed E-state index contributed by atoms with van der Waals surface area (Å²) in [7, 11) is 0. The minimum absolute atomic E-state index is 0.328. The van der Waals surface area contributed by atoms with Crippen LogP contribution in [0.15, 0.2) is 24.3 Å². The largest absolute Gasteiger partial charge is 0.437 e. The molecule has 0 aromatic heterocycles. The Morgan fingerprint density at radius 2 is 2.11 bits per heavy atom. The van der Waals surface area contributed by atoms with Crippen LogP contribution in [0, 0.1) is 5.82 Å². The van der Waals surface area contributed by atoms with E-state index in [0.29, 0.717) is 32.0 Å². The molecule has 1 atom stereocenters. The van der Waals surface area contributed by atoms with Crippen LogP contribution >= 0.6 is 0 Å². The Hall–Kier alpha value is -1.66. The molecule has 5 nitrogen and oxygen atoms in total. The standard InChI is InChI=1S/C13H15FN2O3/c14-10-1-3-11(4-2-10)16-8-13(19-12(16)17)7-15-5-6-18-9-13/h1-4,15H,5-9H2/t13-/m0/s1. The van der Waals surface area contributed by atoms with Gasteiger partial charge in [-0.15, -0.1) is 0 Å². The van der Waals surface area contributed by atoms with Gasteiger partial charge in [0, 0.05) is 18.8 Å². The Labute approximate surface area is 110 Å². The van der Waals surface area contributed by atoms with E-state index in [-0.39, 0.29) is 5.82 Å². The first-order valence-corrected chi connectivity index (χ1v) is 6.23. The van der Waals surface area contributed by atoms with E-state index in [4.69, 9.17) is 9.47 Å². The zero-order valence-corrected chi connectivity index (χ0v) is 10.4. The first kappa shape index (κ1) is 12.4. The Morgan fingerprint density at radius 1 is 1.32 bits per heavy atom. The lowest BCUT2D eigenvalue weighted by Gasteiger charge is -2.24. The van der Waals surface area contributed by atoms with Crippen LogP contribution in [-0.2, 0) is 9.47 Å². The van der Waals surface area contributed by atoms with E-state index in [1.807, 2.05) is 0 Å². The van der Waals surface area contributed by atoms with Gasteiger partial charge in [0.2, 0.25) is 0 Å². The maximum Gasteiger partial charge on any atom is 0.415 e. The number of nitrogens with zero attached hydrogens (tertiary/aromatic N) is 1. The Bertz CT molecular complexity index is 469. The van der Waals surface area contributed by atoms with Crippen molar-refractivity contribution in [2.24, 2.45) is 0 Å². The van der Waals surface area contributed by atoms with Crippen LogP contribution in [0.5, 0.6) is 0 Å². The van der Waals surface area contributed by atoms with Gasteiger partial charge in [-0.25, -0.2) is 9.18 Å². The smallest absolute Gasteiger partial charge is 0.415 e. The van der Waals surface area contributed by atoms with Crippen molar-refractivity contribution in [1.29, 1.82) is 0 Å². The van der Waals surface area contributed by atoms with E-state index >= 15 is 0 Å². The van der Waals surface area contributed by atoms with Crippen LogP contribution in [0.2, 0.25) is 0 Å². The van der Waals surface area contributed by atoms with E-state index in [1.54, 1.807) is 12.1 Å². The van der Waals surface area contributed by atoms with E-state index in [1.165, 1.54) is 17.0 Å². The van der Waals surface area contributed by atoms with Gasteiger partial charge in [-0.1, -0.05) is 0 Å². The number of rotatable bonds is 1. The zero-order valence-electron chi connectivity index (χ0n) is 10.4. The summed E-state index contributed by atoms with van der Waals surface area (Å²) in [5, 5.41) is 3.19. The monoisotopic (exact) mass is 266 g/mol. The van der Waals surface area contributed by atoms with Crippen molar-refractivity contribution in [3.8, 4) is 0 Å². The van der Waals surface area contributed by atoms with Gasteiger partial charge >= 0.3 is 6.09 Å². The Kier molecular flexibility index (Phi) is 3.12. The summed E-state index contributed by atoms with van der Waals surface area (Å²) in [6.45, 7) is 2.70. The Morgan fingerprint density at radius 3 is 2.89 bits per heavy atom. The van der Waals surface area contributed by atoms with Crippen LogP contribution in [0.25, 0.3) is 0 Å². The lowest BCUT2D eigenvalue weighted by molar-refractivity contribution is -0.00744. The quantitative estimate of drug-likeness (QED) is 0.828. The van der Waals surface area contributed by atoms with Gasteiger partial charge in [-0.05, 0) is 24.3 Å². The first-order chi connectivity index (χ1) is 9.19. The molecule has 2 heterocycles. The molecule has 0 bridgehead atoms. The lowest BCUT2D eigenvalue weighted by Crippen LogP contribution is -2.46. The SMILES string of the molecule is O=C1O[C@@]2(CNCCOC2)CN1c1ccc(F)cc1. The molecule has 2 fully saturated rings. The molecule has 0 saturated carbocycles. The number of hydrogen-bond acceptors (Lipinski definition) is 4. The third kappa shape index (κ3) is 2.41. The molecular formula is C13H15FN2O3. The van der Waals surface area contributed by atoms with E-state index in [9.17, 15) is 9.18 Å². The highest BCUT2D eigenvalue weighted by molar-refractivity contribution is 5.90. The van der Waals surface area contributed by atoms with Crippen molar-refractivity contribution in [2.75, 3.05) is 37.7 Å². The molecule has 3 rings (SSSR count). The van der Waals surface area contributed by atoms with Crippen LogP contribution in [-0.4, -0.2) is 44.5 Å². The van der Waals surface area contributed by atoms with Crippen molar-refractivity contribution in [2.45, 2.75) is 5.60 Å². The number of nitrogens with one attached hydrogen (secondary N) is 1. The molecule has 6 heteroatoms. The molecular weight excluding hydrogens is 251 g/mol. The van der Waals surface area contributed by atoms with E-state index in [0.717, 1.165) is 6.54 Å². The second-order valence-electron chi connectivity index (χ2n) is 4.84. The minimum Gasteiger partial charge on any atom is -0.437 e. The van der Waals surface area contributed by atoms with Gasteiger partial charge in [-0.3, -0.25) is 4.90 Å². The fourth-order valence-electron chi connectivity index (χ4n) is 2.38. The molecule has 1 aromatic rings. The molecule has 0 radical (unpaired) electrons. The molecule has 2 aliphatic rings. The maximum absolute atomic E-state index is 12.9. The predicted molar refractivity (Wildman–Crippen MR) is 66.6 cm³/mol. The number of carbonyl (C=O) groups is 1. The van der Waals surface area contributed by atoms with Crippen LogP contribution in [0.4, 0.5) is 14.9 Å². The third-order valence-corrected chi connectivity index (χ3v) is 3.34. The molecule has 1 N–H and O–H groups in total. The Balaban J connectivity index is 1.81. The molecule has 2 aliphatic heterocycles. The zero-order chi connectivity index (χ0) is 13.3. The van der Waals surface area contributed by atoms with Gasteiger partial charge in [0.15, 0.2) is 5.60 Å². The molecule has 102 valence electrons.